The van der Waals surface area contributed by atoms with Crippen LogP contribution in [-0.2, 0) is 6.42 Å². The van der Waals surface area contributed by atoms with Crippen LogP contribution in [-0.4, -0.2) is 45.6 Å². The Morgan fingerprint density at radius 3 is 2.52 bits per heavy atom. The summed E-state index contributed by atoms with van der Waals surface area (Å²) >= 11 is 1.43. The first-order chi connectivity index (χ1) is 10.8. The Morgan fingerprint density at radius 2 is 2.00 bits per heavy atom. The van der Waals surface area contributed by atoms with E-state index in [0.717, 1.165) is 29.2 Å². The largest absolute Gasteiger partial charge is 0.327 e. The van der Waals surface area contributed by atoms with Gasteiger partial charge in [0.25, 0.3) is 0 Å². The molecule has 1 fully saturated rings. The zero-order valence-electron chi connectivity index (χ0n) is 15.1. The smallest absolute Gasteiger partial charge is 0.306 e. The molecule has 0 bridgehead atoms. The summed E-state index contributed by atoms with van der Waals surface area (Å²) in [6.45, 7) is 14.5. The minimum Gasteiger partial charge on any atom is -0.306 e. The van der Waals surface area contributed by atoms with E-state index in [1.54, 1.807) is 0 Å². The van der Waals surface area contributed by atoms with Gasteiger partial charge in [-0.3, -0.25) is 9.80 Å². The number of hydrogen-bond acceptors (Lipinski definition) is 4. The second kappa shape index (κ2) is 7.01. The zero-order valence-corrected chi connectivity index (χ0v) is 15.9. The molecule has 0 radical (unpaired) electrons. The normalized spacial score (nSPS) is 17.6. The highest BCUT2D eigenvalue weighted by Gasteiger charge is 2.38. The van der Waals surface area contributed by atoms with Gasteiger partial charge in [-0.1, -0.05) is 19.1 Å². The third-order valence-corrected chi connectivity index (χ3v) is 5.14. The number of amides is 2. The number of allylic oxidation sites excluding steroid dienone is 1. The SMILES string of the molecule is C/C=C/CN1CN(c2snc(CC)c2C)C(=O)N(C(C)(C)C)C1. The Hall–Kier alpha value is -1.40. The molecule has 1 saturated heterocycles. The van der Waals surface area contributed by atoms with E-state index in [-0.39, 0.29) is 11.6 Å². The van der Waals surface area contributed by atoms with Gasteiger partial charge in [-0.25, -0.2) is 4.79 Å². The number of aromatic nitrogens is 1. The fourth-order valence-electron chi connectivity index (χ4n) is 2.67. The molecule has 0 atom stereocenters. The van der Waals surface area contributed by atoms with Gasteiger partial charge in [0.15, 0.2) is 0 Å². The van der Waals surface area contributed by atoms with Gasteiger partial charge >= 0.3 is 6.03 Å². The molecule has 1 aliphatic heterocycles. The van der Waals surface area contributed by atoms with Gasteiger partial charge in [0.05, 0.1) is 19.0 Å². The van der Waals surface area contributed by atoms with Crippen LogP contribution in [0.1, 0.15) is 45.9 Å². The number of aryl methyl sites for hydroxylation is 1. The van der Waals surface area contributed by atoms with E-state index in [1.807, 2.05) is 16.7 Å². The van der Waals surface area contributed by atoms with Crippen LogP contribution in [0.2, 0.25) is 0 Å². The molecule has 1 aliphatic rings. The predicted octanol–water partition coefficient (Wildman–Crippen LogP) is 3.85. The molecule has 6 heteroatoms. The summed E-state index contributed by atoms with van der Waals surface area (Å²) in [7, 11) is 0. The number of anilines is 1. The summed E-state index contributed by atoms with van der Waals surface area (Å²) in [6, 6.07) is 0.0728. The van der Waals surface area contributed by atoms with Crippen molar-refractivity contribution in [3.8, 4) is 0 Å². The highest BCUT2D eigenvalue weighted by atomic mass is 32.1. The number of urea groups is 1. The van der Waals surface area contributed by atoms with Crippen molar-refractivity contribution < 1.29 is 4.79 Å². The summed E-state index contributed by atoms with van der Waals surface area (Å²) in [4.78, 5) is 19.1. The third kappa shape index (κ3) is 3.75. The Balaban J connectivity index is 2.35. The second-order valence-corrected chi connectivity index (χ2v) is 7.68. The van der Waals surface area contributed by atoms with E-state index in [0.29, 0.717) is 13.3 Å². The average molecular weight is 337 g/mol. The molecule has 0 spiro atoms. The Kier molecular flexibility index (Phi) is 5.47. The first-order valence-corrected chi connectivity index (χ1v) is 8.94. The van der Waals surface area contributed by atoms with E-state index in [1.165, 1.54) is 11.5 Å². The molecule has 128 valence electrons. The van der Waals surface area contributed by atoms with Crippen LogP contribution in [0.4, 0.5) is 9.80 Å². The van der Waals surface area contributed by atoms with Crippen molar-refractivity contribution in [2.24, 2.45) is 0 Å². The lowest BCUT2D eigenvalue weighted by Crippen LogP contribution is -2.63. The minimum atomic E-state index is -0.212. The Labute approximate surface area is 143 Å². The molecule has 23 heavy (non-hydrogen) atoms. The molecular weight excluding hydrogens is 308 g/mol. The van der Waals surface area contributed by atoms with E-state index in [9.17, 15) is 4.79 Å². The molecule has 0 aliphatic carbocycles. The van der Waals surface area contributed by atoms with Gasteiger partial charge in [-0.15, -0.1) is 0 Å². The third-order valence-electron chi connectivity index (χ3n) is 4.13. The molecule has 1 aromatic heterocycles. The number of rotatable bonds is 4. The average Bonchev–Trinajstić information content (AvgIpc) is 2.85. The maximum atomic E-state index is 13.0. The van der Waals surface area contributed by atoms with Crippen molar-refractivity contribution in [2.75, 3.05) is 24.8 Å². The summed E-state index contributed by atoms with van der Waals surface area (Å²) in [5.74, 6) is 0. The van der Waals surface area contributed by atoms with Gasteiger partial charge in [0, 0.05) is 17.6 Å². The monoisotopic (exact) mass is 336 g/mol. The topological polar surface area (TPSA) is 39.7 Å². The number of hydrogen-bond donors (Lipinski definition) is 0. The van der Waals surface area contributed by atoms with Crippen molar-refractivity contribution in [2.45, 2.75) is 53.5 Å². The van der Waals surface area contributed by atoms with Crippen molar-refractivity contribution >= 4 is 22.6 Å². The molecule has 0 unspecified atom stereocenters. The molecule has 2 rings (SSSR count). The molecule has 1 aromatic rings. The zero-order chi connectivity index (χ0) is 17.2. The van der Waals surface area contributed by atoms with Gasteiger partial charge in [0.1, 0.15) is 5.00 Å². The lowest BCUT2D eigenvalue weighted by atomic mass is 10.1. The van der Waals surface area contributed by atoms with E-state index in [2.05, 4.69) is 56.0 Å². The first-order valence-electron chi connectivity index (χ1n) is 8.17. The van der Waals surface area contributed by atoms with Crippen LogP contribution in [0, 0.1) is 6.92 Å². The quantitative estimate of drug-likeness (QED) is 0.784. The first kappa shape index (κ1) is 17.9. The second-order valence-electron chi connectivity index (χ2n) is 6.93. The maximum Gasteiger partial charge on any atom is 0.327 e. The number of carbonyl (C=O) groups excluding carboxylic acids is 1. The molecule has 0 saturated carbocycles. The predicted molar refractivity (Wildman–Crippen MR) is 97.0 cm³/mol. The fourth-order valence-corrected chi connectivity index (χ4v) is 3.62. The van der Waals surface area contributed by atoms with Gasteiger partial charge in [-0.2, -0.15) is 4.37 Å². The van der Waals surface area contributed by atoms with Crippen molar-refractivity contribution in [3.63, 3.8) is 0 Å². The minimum absolute atomic E-state index is 0.0728. The summed E-state index contributed by atoms with van der Waals surface area (Å²) in [5.41, 5.74) is 2.01. The molecule has 0 aromatic carbocycles. The highest BCUT2D eigenvalue weighted by molar-refractivity contribution is 7.10. The lowest BCUT2D eigenvalue weighted by Gasteiger charge is -2.47. The molecule has 2 amide bonds. The van der Waals surface area contributed by atoms with Gasteiger partial charge in [-0.05, 0) is 52.6 Å². The summed E-state index contributed by atoms with van der Waals surface area (Å²) in [6.07, 6.45) is 5.08. The van der Waals surface area contributed by atoms with Crippen LogP contribution in [0.3, 0.4) is 0 Å². The lowest BCUT2D eigenvalue weighted by molar-refractivity contribution is 0.0697. The van der Waals surface area contributed by atoms with Crippen LogP contribution >= 0.6 is 11.5 Å². The van der Waals surface area contributed by atoms with Gasteiger partial charge < -0.3 is 4.90 Å². The van der Waals surface area contributed by atoms with Crippen LogP contribution < -0.4 is 4.90 Å². The van der Waals surface area contributed by atoms with Gasteiger partial charge in [0.2, 0.25) is 0 Å². The molecule has 2 heterocycles. The van der Waals surface area contributed by atoms with Crippen LogP contribution in [0.5, 0.6) is 0 Å². The highest BCUT2D eigenvalue weighted by Crippen LogP contribution is 2.32. The number of carbonyl (C=O) groups is 1. The maximum absolute atomic E-state index is 13.0. The van der Waals surface area contributed by atoms with E-state index < -0.39 is 0 Å². The summed E-state index contributed by atoms with van der Waals surface area (Å²) < 4.78 is 4.52. The van der Waals surface area contributed by atoms with Crippen LogP contribution in [0.15, 0.2) is 12.2 Å². The van der Waals surface area contributed by atoms with E-state index in [4.69, 9.17) is 0 Å². The van der Waals surface area contributed by atoms with Crippen LogP contribution in [0.25, 0.3) is 0 Å². The molecule has 0 N–H and O–H groups in total. The Bertz CT molecular complexity index is 588. The molecule has 5 nitrogen and oxygen atoms in total. The van der Waals surface area contributed by atoms with Crippen molar-refractivity contribution in [3.05, 3.63) is 23.4 Å². The molecular formula is C17H28N4OS. The van der Waals surface area contributed by atoms with E-state index >= 15 is 0 Å². The Morgan fingerprint density at radius 1 is 1.30 bits per heavy atom. The van der Waals surface area contributed by atoms with Crippen molar-refractivity contribution in [1.29, 1.82) is 0 Å². The number of nitrogens with zero attached hydrogens (tertiary/aromatic N) is 4. The van der Waals surface area contributed by atoms with Crippen molar-refractivity contribution in [1.82, 2.24) is 14.2 Å². The fraction of sp³-hybridized carbons (Fsp3) is 0.647. The standard InChI is InChI=1S/C17H28N4OS/c1-7-9-10-19-11-20(15-13(3)14(8-2)18-23-15)16(22)21(12-19)17(4,5)6/h7,9H,8,10-12H2,1-6H3/b9-7+. The summed E-state index contributed by atoms with van der Waals surface area (Å²) in [5, 5.41) is 0.978.